The molecular weight excluding hydrogens is 230 g/mol. The summed E-state index contributed by atoms with van der Waals surface area (Å²) in [6, 6.07) is 0. The van der Waals surface area contributed by atoms with Crippen molar-refractivity contribution in [1.82, 2.24) is 14.9 Å². The minimum absolute atomic E-state index is 0.0245. The van der Waals surface area contributed by atoms with Crippen LogP contribution in [-0.2, 0) is 6.54 Å². The van der Waals surface area contributed by atoms with Crippen LogP contribution in [0.25, 0.3) is 0 Å². The van der Waals surface area contributed by atoms with E-state index in [-0.39, 0.29) is 18.9 Å². The van der Waals surface area contributed by atoms with Gasteiger partial charge in [-0.1, -0.05) is 0 Å². The van der Waals surface area contributed by atoms with Crippen LogP contribution in [0.1, 0.15) is 12.4 Å². The van der Waals surface area contributed by atoms with Crippen LogP contribution in [0.3, 0.4) is 0 Å². The Kier molecular flexibility index (Phi) is 4.69. The highest BCUT2D eigenvalue weighted by molar-refractivity contribution is 4.92. The lowest BCUT2D eigenvalue weighted by molar-refractivity contribution is -0.00372. The summed E-state index contributed by atoms with van der Waals surface area (Å²) in [6.07, 6.45) is -2.39. The smallest absolute Gasteiger partial charge is 0.319 e. The maximum atomic E-state index is 12.3. The number of hydrogen-bond acceptors (Lipinski definition) is 3. The zero-order valence-corrected chi connectivity index (χ0v) is 8.15. The van der Waals surface area contributed by atoms with Crippen LogP contribution in [0.4, 0.5) is 17.6 Å². The maximum Gasteiger partial charge on any atom is 0.319 e. The van der Waals surface area contributed by atoms with Crippen LogP contribution in [0.15, 0.2) is 12.4 Å². The summed E-state index contributed by atoms with van der Waals surface area (Å²) < 4.78 is 49.0. The average molecular weight is 241 g/mol. The molecule has 0 saturated heterocycles. The van der Waals surface area contributed by atoms with Crippen molar-refractivity contribution in [2.24, 2.45) is 0 Å². The van der Waals surface area contributed by atoms with Gasteiger partial charge >= 0.3 is 6.55 Å². The van der Waals surface area contributed by atoms with Gasteiger partial charge in [-0.25, -0.2) is 13.8 Å². The minimum Gasteiger partial charge on any atom is -0.386 e. The number of imidazole rings is 1. The standard InChI is InChI=1S/C8H11F4N3O/c9-7(10)5(16)3-13-4-6-14-1-2-15(6)8(11)12/h1-2,5,7-8,13,16H,3-4H2. The Balaban J connectivity index is 2.40. The van der Waals surface area contributed by atoms with E-state index in [1.165, 1.54) is 6.20 Å². The van der Waals surface area contributed by atoms with Gasteiger partial charge in [0.1, 0.15) is 11.9 Å². The number of nitrogens with one attached hydrogen (secondary N) is 1. The second-order valence-electron chi connectivity index (χ2n) is 3.06. The Bertz CT molecular complexity index is 318. The fourth-order valence-electron chi connectivity index (χ4n) is 1.08. The van der Waals surface area contributed by atoms with Gasteiger partial charge in [0.15, 0.2) is 0 Å². The zero-order chi connectivity index (χ0) is 12.1. The van der Waals surface area contributed by atoms with E-state index in [4.69, 9.17) is 5.11 Å². The largest absolute Gasteiger partial charge is 0.386 e. The number of hydrogen-bond donors (Lipinski definition) is 2. The lowest BCUT2D eigenvalue weighted by Crippen LogP contribution is -2.32. The number of aliphatic hydroxyl groups excluding tert-OH is 1. The first-order chi connectivity index (χ1) is 7.52. The molecule has 2 N–H and O–H groups in total. The van der Waals surface area contributed by atoms with Gasteiger partial charge in [0.05, 0.1) is 6.54 Å². The molecule has 0 radical (unpaired) electrons. The Morgan fingerprint density at radius 2 is 2.06 bits per heavy atom. The minimum atomic E-state index is -2.86. The van der Waals surface area contributed by atoms with Crippen LogP contribution >= 0.6 is 0 Å². The third-order valence-corrected chi connectivity index (χ3v) is 1.89. The van der Waals surface area contributed by atoms with Gasteiger partial charge in [-0.05, 0) is 0 Å². The van der Waals surface area contributed by atoms with E-state index in [0.29, 0.717) is 4.57 Å². The summed E-state index contributed by atoms with van der Waals surface area (Å²) >= 11 is 0. The van der Waals surface area contributed by atoms with Crippen LogP contribution in [0, 0.1) is 0 Å². The Hall–Kier alpha value is -1.15. The first kappa shape index (κ1) is 12.9. The molecule has 0 spiro atoms. The van der Waals surface area contributed by atoms with E-state index in [9.17, 15) is 17.6 Å². The Labute approximate surface area is 88.9 Å². The van der Waals surface area contributed by atoms with Crippen LogP contribution in [-0.4, -0.2) is 33.7 Å². The SMILES string of the molecule is OC(CNCc1nccn1C(F)F)C(F)F. The predicted octanol–water partition coefficient (Wildman–Crippen LogP) is 0.994. The van der Waals surface area contributed by atoms with Crippen molar-refractivity contribution in [3.8, 4) is 0 Å². The van der Waals surface area contributed by atoms with Crippen molar-refractivity contribution < 1.29 is 22.7 Å². The van der Waals surface area contributed by atoms with Gasteiger partial charge in [0.2, 0.25) is 0 Å². The maximum absolute atomic E-state index is 12.3. The van der Waals surface area contributed by atoms with E-state index in [0.717, 1.165) is 6.20 Å². The molecule has 1 atom stereocenters. The first-order valence-corrected chi connectivity index (χ1v) is 4.49. The molecule has 0 aliphatic rings. The summed E-state index contributed by atoms with van der Waals surface area (Å²) in [5.74, 6) is 0.0245. The normalized spacial score (nSPS) is 13.7. The average Bonchev–Trinajstić information content (AvgIpc) is 2.65. The van der Waals surface area contributed by atoms with E-state index < -0.39 is 19.1 Å². The van der Waals surface area contributed by atoms with Gasteiger partial charge in [-0.2, -0.15) is 8.78 Å². The summed E-state index contributed by atoms with van der Waals surface area (Å²) in [4.78, 5) is 3.63. The number of aromatic nitrogens is 2. The molecule has 4 nitrogen and oxygen atoms in total. The van der Waals surface area contributed by atoms with E-state index in [1.807, 2.05) is 0 Å². The van der Waals surface area contributed by atoms with E-state index in [1.54, 1.807) is 0 Å². The monoisotopic (exact) mass is 241 g/mol. The number of alkyl halides is 4. The van der Waals surface area contributed by atoms with Gasteiger partial charge in [-0.3, -0.25) is 4.57 Å². The van der Waals surface area contributed by atoms with Crippen molar-refractivity contribution in [1.29, 1.82) is 0 Å². The highest BCUT2D eigenvalue weighted by atomic mass is 19.3. The van der Waals surface area contributed by atoms with Gasteiger partial charge in [0, 0.05) is 18.9 Å². The fraction of sp³-hybridized carbons (Fsp3) is 0.625. The molecule has 0 aliphatic carbocycles. The Morgan fingerprint density at radius 1 is 1.38 bits per heavy atom. The van der Waals surface area contributed by atoms with Gasteiger partial charge in [-0.15, -0.1) is 0 Å². The summed E-state index contributed by atoms with van der Waals surface area (Å²) in [5, 5.41) is 11.2. The van der Waals surface area contributed by atoms with Gasteiger partial charge in [0.25, 0.3) is 6.43 Å². The molecule has 1 unspecified atom stereocenters. The molecule has 1 aromatic heterocycles. The van der Waals surface area contributed by atoms with Crippen LogP contribution < -0.4 is 5.32 Å². The molecular formula is C8H11F4N3O. The molecule has 0 amide bonds. The Morgan fingerprint density at radius 3 is 2.62 bits per heavy atom. The van der Waals surface area contributed by atoms with Crippen molar-refractivity contribution in [2.45, 2.75) is 25.6 Å². The van der Waals surface area contributed by atoms with Crippen LogP contribution in [0.2, 0.25) is 0 Å². The summed E-state index contributed by atoms with van der Waals surface area (Å²) in [5.41, 5.74) is 0. The number of nitrogens with zero attached hydrogens (tertiary/aromatic N) is 2. The van der Waals surface area contributed by atoms with Crippen molar-refractivity contribution in [2.75, 3.05) is 6.54 Å². The third-order valence-electron chi connectivity index (χ3n) is 1.89. The topological polar surface area (TPSA) is 50.1 Å². The molecule has 0 saturated carbocycles. The molecule has 1 aromatic rings. The highest BCUT2D eigenvalue weighted by Crippen LogP contribution is 2.11. The van der Waals surface area contributed by atoms with E-state index >= 15 is 0 Å². The predicted molar refractivity (Wildman–Crippen MR) is 47.2 cm³/mol. The molecule has 0 fully saturated rings. The van der Waals surface area contributed by atoms with Crippen LogP contribution in [0.5, 0.6) is 0 Å². The molecule has 0 bridgehead atoms. The van der Waals surface area contributed by atoms with Crippen molar-refractivity contribution in [3.05, 3.63) is 18.2 Å². The zero-order valence-electron chi connectivity index (χ0n) is 8.15. The molecule has 1 heterocycles. The quantitative estimate of drug-likeness (QED) is 0.730. The third kappa shape index (κ3) is 3.46. The fourth-order valence-corrected chi connectivity index (χ4v) is 1.08. The molecule has 0 aromatic carbocycles. The molecule has 8 heteroatoms. The lowest BCUT2D eigenvalue weighted by Gasteiger charge is -2.11. The second-order valence-corrected chi connectivity index (χ2v) is 3.06. The number of aliphatic hydroxyl groups is 1. The molecule has 1 rings (SSSR count). The van der Waals surface area contributed by atoms with E-state index in [2.05, 4.69) is 10.3 Å². The van der Waals surface area contributed by atoms with Crippen molar-refractivity contribution in [3.63, 3.8) is 0 Å². The highest BCUT2D eigenvalue weighted by Gasteiger charge is 2.17. The molecule has 0 aliphatic heterocycles. The van der Waals surface area contributed by atoms with Crippen molar-refractivity contribution >= 4 is 0 Å². The summed E-state index contributed by atoms with van der Waals surface area (Å²) in [6.45, 7) is -3.21. The number of halogens is 4. The number of rotatable bonds is 6. The first-order valence-electron chi connectivity index (χ1n) is 4.49. The molecule has 92 valence electrons. The molecule has 16 heavy (non-hydrogen) atoms. The van der Waals surface area contributed by atoms with Gasteiger partial charge < -0.3 is 10.4 Å². The second kappa shape index (κ2) is 5.80. The lowest BCUT2D eigenvalue weighted by atomic mass is 10.3. The summed E-state index contributed by atoms with van der Waals surface area (Å²) in [7, 11) is 0.